The molecule has 0 amide bonds. The fraction of sp³-hybridized carbons (Fsp3) is 1.00. The highest BCUT2D eigenvalue weighted by Gasteiger charge is 2.23. The molecule has 0 aromatic heterocycles. The predicted molar refractivity (Wildman–Crippen MR) is 127 cm³/mol. The lowest BCUT2D eigenvalue weighted by atomic mass is 10.4. The monoisotopic (exact) mass is 482 g/mol. The summed E-state index contributed by atoms with van der Waals surface area (Å²) in [6, 6.07) is 0. The summed E-state index contributed by atoms with van der Waals surface area (Å²) in [7, 11) is -9.40. The third kappa shape index (κ3) is 23.0. The second-order valence-corrected chi connectivity index (χ2v) is 20.7. The van der Waals surface area contributed by atoms with E-state index in [4.69, 9.17) is 0 Å². The van der Waals surface area contributed by atoms with E-state index in [2.05, 4.69) is 54.9 Å². The standard InChI is InChI=1S/2C7H18P.C4H10O6S2/c2*1-5-8(4,6-2)7-3;5-11(6,7)3-1-2-4-12(8,9)10/h2*5-7H2,1-4H3;1-4H2,(H,5,6,7)(H,8,9,10)/q2*+1;/p-2. The van der Waals surface area contributed by atoms with Crippen molar-refractivity contribution in [1.82, 2.24) is 0 Å². The molecule has 0 aliphatic rings. The SMILES string of the molecule is CC[P+](C)(CC)CC.CC[P+](C)(CC)CC.O=S(=O)([O-])CCCCS(=O)(=O)[O-]. The topological polar surface area (TPSA) is 114 Å². The lowest BCUT2D eigenvalue weighted by molar-refractivity contribution is 0.453. The maximum Gasteiger partial charge on any atom is 0.0945 e. The Kier molecular flexibility index (Phi) is 19.5. The molecule has 0 N–H and O–H groups in total. The van der Waals surface area contributed by atoms with Crippen molar-refractivity contribution >= 4 is 34.8 Å². The minimum atomic E-state index is -4.29. The van der Waals surface area contributed by atoms with Crippen LogP contribution in [0.5, 0.6) is 0 Å². The second kappa shape index (κ2) is 16.4. The summed E-state index contributed by atoms with van der Waals surface area (Å²) < 4.78 is 59.8. The maximum absolute atomic E-state index is 9.97. The Morgan fingerprint density at radius 1 is 0.536 bits per heavy atom. The summed E-state index contributed by atoms with van der Waals surface area (Å²) in [6.45, 7) is 18.9. The first-order valence-electron chi connectivity index (χ1n) is 10.1. The van der Waals surface area contributed by atoms with E-state index >= 15 is 0 Å². The van der Waals surface area contributed by atoms with Gasteiger partial charge in [0.05, 0.1) is 57.2 Å². The molecule has 0 aliphatic carbocycles. The normalized spacial score (nSPS) is 12.5. The largest absolute Gasteiger partial charge is 0.748 e. The van der Waals surface area contributed by atoms with Gasteiger partial charge in [-0.2, -0.15) is 0 Å². The first-order valence-corrected chi connectivity index (χ1v) is 18.9. The molecule has 0 radical (unpaired) electrons. The highest BCUT2D eigenvalue weighted by molar-refractivity contribution is 7.86. The highest BCUT2D eigenvalue weighted by Crippen LogP contribution is 2.53. The van der Waals surface area contributed by atoms with Gasteiger partial charge in [-0.05, 0) is 54.4 Å². The molecule has 0 bridgehead atoms. The lowest BCUT2D eigenvalue weighted by Crippen LogP contribution is -2.08. The van der Waals surface area contributed by atoms with Crippen LogP contribution in [0, 0.1) is 0 Å². The van der Waals surface area contributed by atoms with Crippen LogP contribution in [0.2, 0.25) is 0 Å². The maximum atomic E-state index is 9.97. The molecule has 0 heterocycles. The summed E-state index contributed by atoms with van der Waals surface area (Å²) in [4.78, 5) is 0. The van der Waals surface area contributed by atoms with E-state index in [9.17, 15) is 25.9 Å². The van der Waals surface area contributed by atoms with Gasteiger partial charge in [0.1, 0.15) is 0 Å². The summed E-state index contributed by atoms with van der Waals surface area (Å²) in [6.07, 6.45) is 8.40. The summed E-state index contributed by atoms with van der Waals surface area (Å²) in [5.74, 6) is -1.24. The first-order chi connectivity index (χ1) is 12.6. The molecule has 0 spiro atoms. The molecule has 28 heavy (non-hydrogen) atoms. The predicted octanol–water partition coefficient (Wildman–Crippen LogP) is 4.24. The molecule has 0 unspecified atom stereocenters. The van der Waals surface area contributed by atoms with Crippen molar-refractivity contribution in [3.8, 4) is 0 Å². The molecular weight excluding hydrogens is 438 g/mol. The van der Waals surface area contributed by atoms with Crippen LogP contribution in [0.3, 0.4) is 0 Å². The third-order valence-corrected chi connectivity index (χ3v) is 16.4. The van der Waals surface area contributed by atoms with Crippen LogP contribution in [0.4, 0.5) is 0 Å². The highest BCUT2D eigenvalue weighted by atomic mass is 32.2. The van der Waals surface area contributed by atoms with Crippen LogP contribution in [-0.2, 0) is 20.2 Å². The second-order valence-electron chi connectivity index (χ2n) is 7.37. The average molecular weight is 483 g/mol. The van der Waals surface area contributed by atoms with E-state index in [1.807, 2.05) is 0 Å². The Morgan fingerprint density at radius 3 is 0.786 bits per heavy atom. The fourth-order valence-electron chi connectivity index (χ4n) is 1.90. The molecular formula is C18H44O6P2S2. The molecule has 10 heteroatoms. The number of rotatable bonds is 11. The minimum absolute atomic E-state index is 0.0900. The Hall–Kier alpha value is 0.680. The van der Waals surface area contributed by atoms with Crippen LogP contribution in [0.25, 0.3) is 0 Å². The van der Waals surface area contributed by atoms with Gasteiger partial charge in [0, 0.05) is 39.4 Å². The van der Waals surface area contributed by atoms with Gasteiger partial charge in [0.2, 0.25) is 0 Å². The number of unbranched alkanes of at least 4 members (excludes halogenated alkanes) is 1. The zero-order chi connectivity index (χ0) is 23.1. The Morgan fingerprint density at radius 2 is 0.714 bits per heavy atom. The van der Waals surface area contributed by atoms with Crippen molar-refractivity contribution in [3.63, 3.8) is 0 Å². The van der Waals surface area contributed by atoms with E-state index in [0.29, 0.717) is 0 Å². The molecule has 174 valence electrons. The molecule has 0 rings (SSSR count). The van der Waals surface area contributed by atoms with E-state index in [1.165, 1.54) is 37.0 Å². The van der Waals surface area contributed by atoms with Crippen molar-refractivity contribution in [2.75, 3.05) is 61.8 Å². The molecule has 0 saturated carbocycles. The van der Waals surface area contributed by atoms with Crippen molar-refractivity contribution in [2.45, 2.75) is 54.4 Å². The summed E-state index contributed by atoms with van der Waals surface area (Å²) >= 11 is 0. The molecule has 0 saturated heterocycles. The quantitative estimate of drug-likeness (QED) is 0.247. The fourth-order valence-corrected chi connectivity index (χ4v) is 5.70. The van der Waals surface area contributed by atoms with Gasteiger partial charge in [-0.25, -0.2) is 16.8 Å². The van der Waals surface area contributed by atoms with Crippen molar-refractivity contribution in [2.24, 2.45) is 0 Å². The number of hydrogen-bond donors (Lipinski definition) is 0. The van der Waals surface area contributed by atoms with Crippen LogP contribution in [0.15, 0.2) is 0 Å². The first kappa shape index (κ1) is 33.3. The van der Waals surface area contributed by atoms with Gasteiger partial charge in [-0.1, -0.05) is 0 Å². The van der Waals surface area contributed by atoms with Crippen LogP contribution in [-0.4, -0.2) is 87.7 Å². The molecule has 0 aromatic rings. The van der Waals surface area contributed by atoms with Crippen LogP contribution >= 0.6 is 14.5 Å². The third-order valence-electron chi connectivity index (χ3n) is 5.62. The molecule has 0 atom stereocenters. The molecule has 0 fully saturated rings. The zero-order valence-corrected chi connectivity index (χ0v) is 22.7. The molecule has 6 nitrogen and oxygen atoms in total. The van der Waals surface area contributed by atoms with E-state index < -0.39 is 46.3 Å². The minimum Gasteiger partial charge on any atom is -0.748 e. The smallest absolute Gasteiger partial charge is 0.0945 e. The summed E-state index contributed by atoms with van der Waals surface area (Å²) in [5, 5.41) is 0. The van der Waals surface area contributed by atoms with Gasteiger partial charge in [0.15, 0.2) is 0 Å². The van der Waals surface area contributed by atoms with E-state index in [-0.39, 0.29) is 12.8 Å². The molecule has 0 aromatic carbocycles. The van der Waals surface area contributed by atoms with Gasteiger partial charge in [0.25, 0.3) is 0 Å². The Labute approximate surface area is 176 Å². The van der Waals surface area contributed by atoms with E-state index in [0.717, 1.165) is 0 Å². The Bertz CT molecular complexity index is 500. The van der Waals surface area contributed by atoms with Gasteiger partial charge in [-0.15, -0.1) is 0 Å². The lowest BCUT2D eigenvalue weighted by Gasteiger charge is -2.16. The number of hydrogen-bond acceptors (Lipinski definition) is 6. The summed E-state index contributed by atoms with van der Waals surface area (Å²) in [5.41, 5.74) is 0. The van der Waals surface area contributed by atoms with E-state index in [1.54, 1.807) is 0 Å². The van der Waals surface area contributed by atoms with Gasteiger partial charge in [-0.3, -0.25) is 0 Å². The van der Waals surface area contributed by atoms with Gasteiger partial charge < -0.3 is 9.11 Å². The van der Waals surface area contributed by atoms with Gasteiger partial charge >= 0.3 is 0 Å². The zero-order valence-electron chi connectivity index (χ0n) is 19.2. The average Bonchev–Trinajstić information content (AvgIpc) is 2.63. The van der Waals surface area contributed by atoms with Crippen LogP contribution < -0.4 is 0 Å². The van der Waals surface area contributed by atoms with Crippen LogP contribution in [0.1, 0.15) is 54.4 Å². The Balaban J connectivity index is -0.000000347. The van der Waals surface area contributed by atoms with Crippen molar-refractivity contribution in [3.05, 3.63) is 0 Å². The molecule has 0 aliphatic heterocycles. The van der Waals surface area contributed by atoms with Crippen molar-refractivity contribution in [1.29, 1.82) is 0 Å². The van der Waals surface area contributed by atoms with Crippen molar-refractivity contribution < 1.29 is 25.9 Å².